The van der Waals surface area contributed by atoms with Gasteiger partial charge in [0, 0.05) is 18.4 Å². The Hall–Kier alpha value is -3.05. The zero-order valence-electron chi connectivity index (χ0n) is 14.9. The van der Waals surface area contributed by atoms with Gasteiger partial charge < -0.3 is 15.4 Å². The lowest BCUT2D eigenvalue weighted by Gasteiger charge is -2.10. The van der Waals surface area contributed by atoms with Gasteiger partial charge in [0.05, 0.1) is 17.8 Å². The topological polar surface area (TPSA) is 63.2 Å². The number of nitrogens with zero attached hydrogens (tertiary/aromatic N) is 1. The minimum atomic E-state index is -0.306. The smallest absolute Gasteiger partial charge is 0.274 e. The number of carbonyl (C=O) groups excluding carboxylic acids is 1. The lowest BCUT2D eigenvalue weighted by atomic mass is 10.1. The highest BCUT2D eigenvalue weighted by molar-refractivity contribution is 6.33. The molecule has 2 aromatic carbocycles. The summed E-state index contributed by atoms with van der Waals surface area (Å²) in [4.78, 5) is 16.6. The van der Waals surface area contributed by atoms with Gasteiger partial charge in [0.2, 0.25) is 0 Å². The Morgan fingerprint density at radius 2 is 1.96 bits per heavy atom. The van der Waals surface area contributed by atoms with Gasteiger partial charge >= 0.3 is 0 Å². The van der Waals surface area contributed by atoms with Gasteiger partial charge in [-0.3, -0.25) is 9.78 Å². The Bertz CT molecular complexity index is 931. The van der Waals surface area contributed by atoms with E-state index in [4.69, 9.17) is 16.3 Å². The first-order chi connectivity index (χ1) is 13.2. The number of hydrogen-bond donors (Lipinski definition) is 2. The van der Waals surface area contributed by atoms with Crippen LogP contribution in [0, 0.1) is 0 Å². The number of carbonyl (C=O) groups is 1. The molecule has 3 aromatic rings. The van der Waals surface area contributed by atoms with Crippen molar-refractivity contribution in [2.24, 2.45) is 0 Å². The maximum absolute atomic E-state index is 12.4. The van der Waals surface area contributed by atoms with Gasteiger partial charge in [-0.2, -0.15) is 0 Å². The highest BCUT2D eigenvalue weighted by Crippen LogP contribution is 2.21. The summed E-state index contributed by atoms with van der Waals surface area (Å²) >= 11 is 6.08. The van der Waals surface area contributed by atoms with Crippen molar-refractivity contribution in [3.05, 3.63) is 83.1 Å². The van der Waals surface area contributed by atoms with Gasteiger partial charge in [-0.05, 0) is 48.4 Å². The number of pyridine rings is 1. The molecule has 5 nitrogen and oxygen atoms in total. The van der Waals surface area contributed by atoms with E-state index in [0.29, 0.717) is 16.4 Å². The number of hydrogen-bond acceptors (Lipinski definition) is 4. The third kappa shape index (κ3) is 5.21. The lowest BCUT2D eigenvalue weighted by molar-refractivity contribution is 0.102. The van der Waals surface area contributed by atoms with E-state index < -0.39 is 0 Å². The summed E-state index contributed by atoms with van der Waals surface area (Å²) in [5.74, 6) is 0.537. The molecule has 0 saturated carbocycles. The number of rotatable bonds is 7. The Morgan fingerprint density at radius 3 is 2.78 bits per heavy atom. The number of methoxy groups -OCH3 is 1. The molecule has 2 N–H and O–H groups in total. The van der Waals surface area contributed by atoms with E-state index in [-0.39, 0.29) is 5.91 Å². The minimum Gasteiger partial charge on any atom is -0.497 e. The van der Waals surface area contributed by atoms with Crippen LogP contribution in [-0.4, -0.2) is 24.5 Å². The van der Waals surface area contributed by atoms with E-state index in [0.717, 1.165) is 24.4 Å². The highest BCUT2D eigenvalue weighted by atomic mass is 35.5. The summed E-state index contributed by atoms with van der Waals surface area (Å²) in [6, 6.07) is 18.6. The molecule has 0 bridgehead atoms. The Balaban J connectivity index is 1.59. The van der Waals surface area contributed by atoms with Crippen molar-refractivity contribution in [3.63, 3.8) is 0 Å². The SMILES string of the molecule is COc1cccc(CCNc2ccnc(C(=O)Nc3ccccc3Cl)c2)c1. The summed E-state index contributed by atoms with van der Waals surface area (Å²) in [5, 5.41) is 6.57. The molecule has 0 fully saturated rings. The van der Waals surface area contributed by atoms with Crippen LogP contribution in [0.15, 0.2) is 66.9 Å². The molecule has 0 radical (unpaired) electrons. The van der Waals surface area contributed by atoms with Crippen LogP contribution in [0.2, 0.25) is 5.02 Å². The largest absolute Gasteiger partial charge is 0.497 e. The summed E-state index contributed by atoms with van der Waals surface area (Å²) in [6.45, 7) is 0.725. The van der Waals surface area contributed by atoms with Crippen molar-refractivity contribution in [2.75, 3.05) is 24.3 Å². The second kappa shape index (κ2) is 9.05. The maximum atomic E-state index is 12.4. The molecule has 3 rings (SSSR count). The standard InChI is InChI=1S/C21H20ClN3O2/c1-27-17-6-4-5-15(13-17)9-11-23-16-10-12-24-20(14-16)21(26)25-19-8-3-2-7-18(19)22/h2-8,10,12-14H,9,11H2,1H3,(H,23,24)(H,25,26). The number of ether oxygens (including phenoxy) is 1. The molecule has 0 saturated heterocycles. The zero-order valence-corrected chi connectivity index (χ0v) is 15.7. The Labute approximate surface area is 163 Å². The molecule has 0 atom stereocenters. The van der Waals surface area contributed by atoms with Gasteiger partial charge in [-0.25, -0.2) is 0 Å². The fourth-order valence-electron chi connectivity index (χ4n) is 2.59. The van der Waals surface area contributed by atoms with E-state index >= 15 is 0 Å². The van der Waals surface area contributed by atoms with E-state index in [1.165, 1.54) is 5.56 Å². The normalized spacial score (nSPS) is 10.3. The number of benzene rings is 2. The van der Waals surface area contributed by atoms with Crippen molar-refractivity contribution < 1.29 is 9.53 Å². The van der Waals surface area contributed by atoms with E-state index in [9.17, 15) is 4.79 Å². The van der Waals surface area contributed by atoms with E-state index in [1.54, 1.807) is 31.5 Å². The van der Waals surface area contributed by atoms with Gasteiger partial charge in [-0.15, -0.1) is 0 Å². The molecular formula is C21H20ClN3O2. The van der Waals surface area contributed by atoms with Gasteiger partial charge in [0.25, 0.3) is 5.91 Å². The van der Waals surface area contributed by atoms with Crippen molar-refractivity contribution in [1.29, 1.82) is 0 Å². The second-order valence-corrected chi connectivity index (χ2v) is 6.30. The Kier molecular flexibility index (Phi) is 6.28. The van der Waals surface area contributed by atoms with E-state index in [1.807, 2.05) is 36.4 Å². The van der Waals surface area contributed by atoms with Gasteiger partial charge in [-0.1, -0.05) is 35.9 Å². The predicted octanol–water partition coefficient (Wildman–Crippen LogP) is 4.65. The molecule has 6 heteroatoms. The van der Waals surface area contributed by atoms with Crippen molar-refractivity contribution in [1.82, 2.24) is 4.98 Å². The maximum Gasteiger partial charge on any atom is 0.274 e. The van der Waals surface area contributed by atoms with Crippen LogP contribution in [0.4, 0.5) is 11.4 Å². The monoisotopic (exact) mass is 381 g/mol. The van der Waals surface area contributed by atoms with Crippen LogP contribution in [0.5, 0.6) is 5.75 Å². The number of nitrogens with one attached hydrogen (secondary N) is 2. The van der Waals surface area contributed by atoms with Gasteiger partial charge in [0.1, 0.15) is 11.4 Å². The first-order valence-corrected chi connectivity index (χ1v) is 8.92. The van der Waals surface area contributed by atoms with Crippen LogP contribution in [-0.2, 0) is 6.42 Å². The number of halogens is 1. The summed E-state index contributed by atoms with van der Waals surface area (Å²) < 4.78 is 5.24. The van der Waals surface area contributed by atoms with E-state index in [2.05, 4.69) is 21.7 Å². The van der Waals surface area contributed by atoms with Crippen LogP contribution < -0.4 is 15.4 Å². The number of aromatic nitrogens is 1. The van der Waals surface area contributed by atoms with Crippen molar-refractivity contribution in [2.45, 2.75) is 6.42 Å². The molecule has 0 aliphatic heterocycles. The van der Waals surface area contributed by atoms with Crippen LogP contribution in [0.1, 0.15) is 16.1 Å². The first kappa shape index (κ1) is 18.7. The molecule has 0 spiro atoms. The second-order valence-electron chi connectivity index (χ2n) is 5.89. The molecule has 0 aliphatic rings. The molecule has 138 valence electrons. The average Bonchev–Trinajstić information content (AvgIpc) is 2.70. The van der Waals surface area contributed by atoms with Crippen molar-refractivity contribution in [3.8, 4) is 5.75 Å². The molecular weight excluding hydrogens is 362 g/mol. The summed E-state index contributed by atoms with van der Waals surface area (Å²) in [7, 11) is 1.66. The summed E-state index contributed by atoms with van der Waals surface area (Å²) in [5.41, 5.74) is 2.88. The van der Waals surface area contributed by atoms with Crippen LogP contribution in [0.25, 0.3) is 0 Å². The average molecular weight is 382 g/mol. The molecule has 27 heavy (non-hydrogen) atoms. The molecule has 1 heterocycles. The fraction of sp³-hybridized carbons (Fsp3) is 0.143. The molecule has 1 amide bonds. The number of anilines is 2. The third-order valence-electron chi connectivity index (χ3n) is 3.99. The zero-order chi connectivity index (χ0) is 19.1. The quantitative estimate of drug-likeness (QED) is 0.625. The third-order valence-corrected chi connectivity index (χ3v) is 4.32. The fourth-order valence-corrected chi connectivity index (χ4v) is 2.78. The molecule has 0 unspecified atom stereocenters. The first-order valence-electron chi connectivity index (χ1n) is 8.54. The number of amides is 1. The molecule has 1 aromatic heterocycles. The lowest BCUT2D eigenvalue weighted by Crippen LogP contribution is -2.14. The molecule has 0 aliphatic carbocycles. The highest BCUT2D eigenvalue weighted by Gasteiger charge is 2.10. The van der Waals surface area contributed by atoms with Crippen LogP contribution >= 0.6 is 11.6 Å². The Morgan fingerprint density at radius 1 is 1.11 bits per heavy atom. The number of para-hydroxylation sites is 1. The van der Waals surface area contributed by atoms with Gasteiger partial charge in [0.15, 0.2) is 0 Å². The summed E-state index contributed by atoms with van der Waals surface area (Å²) in [6.07, 6.45) is 2.44. The minimum absolute atomic E-state index is 0.306. The van der Waals surface area contributed by atoms with Crippen molar-refractivity contribution >= 4 is 28.9 Å². The predicted molar refractivity (Wildman–Crippen MR) is 109 cm³/mol. The van der Waals surface area contributed by atoms with Crippen LogP contribution in [0.3, 0.4) is 0 Å².